The summed E-state index contributed by atoms with van der Waals surface area (Å²) in [4.78, 5) is 16.4. The monoisotopic (exact) mass is 424 g/mol. The summed E-state index contributed by atoms with van der Waals surface area (Å²) in [5, 5.41) is 14.5. The molecule has 1 amide bonds. The molecule has 3 aromatic rings. The third kappa shape index (κ3) is 3.73. The number of rotatable bonds is 5. The molecule has 9 nitrogen and oxygen atoms in total. The average molecular weight is 425 g/mol. The Labute approximate surface area is 166 Å². The molecule has 28 heavy (non-hydrogen) atoms. The van der Waals surface area contributed by atoms with E-state index < -0.39 is 15.9 Å². The van der Waals surface area contributed by atoms with Crippen LogP contribution in [0.2, 0.25) is 5.15 Å². The lowest BCUT2D eigenvalue weighted by atomic mass is 10.2. The van der Waals surface area contributed by atoms with Gasteiger partial charge in [-0.15, -0.1) is 0 Å². The summed E-state index contributed by atoms with van der Waals surface area (Å²) >= 11 is 6.04. The van der Waals surface area contributed by atoms with E-state index in [9.17, 15) is 13.2 Å². The second kappa shape index (κ2) is 7.28. The molecule has 1 aromatic carbocycles. The topological polar surface area (TPSA) is 115 Å². The molecule has 0 aliphatic rings. The van der Waals surface area contributed by atoms with Crippen molar-refractivity contribution in [3.8, 4) is 11.4 Å². The Morgan fingerprint density at radius 1 is 1.36 bits per heavy atom. The maximum Gasteiger partial charge on any atom is 0.407 e. The Bertz CT molecular complexity index is 1180. The number of carbonyl (C=O) groups is 1. The first-order chi connectivity index (χ1) is 13.1. The molecule has 0 unspecified atom stereocenters. The molecule has 0 saturated carbocycles. The van der Waals surface area contributed by atoms with Gasteiger partial charge in [-0.25, -0.2) is 22.9 Å². The van der Waals surface area contributed by atoms with E-state index in [4.69, 9.17) is 21.4 Å². The van der Waals surface area contributed by atoms with Gasteiger partial charge in [-0.05, 0) is 18.2 Å². The summed E-state index contributed by atoms with van der Waals surface area (Å²) in [5.41, 5.74) is 1.36. The highest BCUT2D eigenvalue weighted by atomic mass is 35.5. The molecule has 1 N–H and O–H groups in total. The second-order valence-electron chi connectivity index (χ2n) is 6.13. The Morgan fingerprint density at radius 3 is 2.68 bits per heavy atom. The maximum absolute atomic E-state index is 12.0. The van der Waals surface area contributed by atoms with Gasteiger partial charge in [0.15, 0.2) is 9.84 Å². The Balaban J connectivity index is 2.29. The second-order valence-corrected chi connectivity index (χ2v) is 8.53. The van der Waals surface area contributed by atoms with Crippen molar-refractivity contribution >= 4 is 38.4 Å². The number of fused-ring (bicyclic) bond motifs is 1. The summed E-state index contributed by atoms with van der Waals surface area (Å²) in [6.45, 7) is 0.0101. The first kappa shape index (κ1) is 19.9. The summed E-state index contributed by atoms with van der Waals surface area (Å²) in [7, 11) is -0.590. The Morgan fingerprint density at radius 2 is 2.07 bits per heavy atom. The van der Waals surface area contributed by atoms with Crippen LogP contribution in [0.15, 0.2) is 35.4 Å². The predicted molar refractivity (Wildman–Crippen MR) is 103 cm³/mol. The fourth-order valence-electron chi connectivity index (χ4n) is 2.70. The van der Waals surface area contributed by atoms with Gasteiger partial charge >= 0.3 is 6.09 Å². The lowest BCUT2D eigenvalue weighted by Crippen LogP contribution is -2.24. The van der Waals surface area contributed by atoms with E-state index in [2.05, 4.69) is 10.1 Å². The number of hydrogen-bond acceptors (Lipinski definition) is 6. The number of pyridine rings is 1. The quantitative estimate of drug-likeness (QED) is 0.626. The smallest absolute Gasteiger partial charge is 0.407 e. The van der Waals surface area contributed by atoms with Crippen molar-refractivity contribution in [2.45, 2.75) is 11.4 Å². The molecule has 0 aliphatic heterocycles. The molecule has 3 rings (SSSR count). The van der Waals surface area contributed by atoms with E-state index in [0.29, 0.717) is 28.0 Å². The number of amides is 1. The van der Waals surface area contributed by atoms with Gasteiger partial charge in [0.25, 0.3) is 0 Å². The van der Waals surface area contributed by atoms with E-state index in [1.54, 1.807) is 6.07 Å². The molecule has 2 aromatic heterocycles. The Kier molecular flexibility index (Phi) is 5.18. The van der Waals surface area contributed by atoms with Gasteiger partial charge in [-0.1, -0.05) is 11.6 Å². The zero-order valence-electron chi connectivity index (χ0n) is 15.2. The fourth-order valence-corrected chi connectivity index (χ4v) is 3.50. The van der Waals surface area contributed by atoms with Gasteiger partial charge in [-0.3, -0.25) is 0 Å². The minimum absolute atomic E-state index is 0.0101. The van der Waals surface area contributed by atoms with E-state index in [-0.39, 0.29) is 16.6 Å². The zero-order valence-corrected chi connectivity index (χ0v) is 16.8. The van der Waals surface area contributed by atoms with Crippen LogP contribution in [0, 0.1) is 0 Å². The lowest BCUT2D eigenvalue weighted by molar-refractivity contribution is 0.153. The number of halogens is 1. The van der Waals surface area contributed by atoms with E-state index >= 15 is 0 Å². The number of aromatic nitrogens is 3. The van der Waals surface area contributed by atoms with E-state index in [1.807, 2.05) is 0 Å². The number of methoxy groups -OCH3 is 1. The number of sulfone groups is 1. The van der Waals surface area contributed by atoms with Crippen LogP contribution in [0.5, 0.6) is 5.75 Å². The SMILES string of the molecule is COc1ccc(S(C)(=O)=O)cc1-n1nc(CN(C)C(=O)O)c2cnc(Cl)cc21. The van der Waals surface area contributed by atoms with Crippen molar-refractivity contribution < 1.29 is 23.1 Å². The third-order valence-corrected chi connectivity index (χ3v) is 5.45. The van der Waals surface area contributed by atoms with Crippen molar-refractivity contribution in [3.63, 3.8) is 0 Å². The van der Waals surface area contributed by atoms with Crippen LogP contribution in [-0.4, -0.2) is 59.7 Å². The highest BCUT2D eigenvalue weighted by Gasteiger charge is 2.20. The molecule has 0 fully saturated rings. The minimum atomic E-state index is -3.46. The average Bonchev–Trinajstić information content (AvgIpc) is 2.97. The number of hydrogen-bond donors (Lipinski definition) is 1. The molecular formula is C17H17ClN4O5S. The van der Waals surface area contributed by atoms with Crippen molar-refractivity contribution in [3.05, 3.63) is 41.3 Å². The molecule has 0 radical (unpaired) electrons. The van der Waals surface area contributed by atoms with Gasteiger partial charge < -0.3 is 14.7 Å². The summed E-state index contributed by atoms with van der Waals surface area (Å²) in [6, 6.07) is 5.99. The van der Waals surface area contributed by atoms with Crippen LogP contribution < -0.4 is 4.74 Å². The first-order valence-corrected chi connectivity index (χ1v) is 10.2. The molecule has 0 bridgehead atoms. The molecule has 11 heteroatoms. The van der Waals surface area contributed by atoms with Crippen LogP contribution >= 0.6 is 11.6 Å². The van der Waals surface area contributed by atoms with Gasteiger partial charge in [0.1, 0.15) is 16.6 Å². The van der Waals surface area contributed by atoms with Crippen LogP contribution in [0.25, 0.3) is 16.6 Å². The predicted octanol–water partition coefficient (Wildman–Crippen LogP) is 2.60. The number of nitrogens with zero attached hydrogens (tertiary/aromatic N) is 4. The number of benzene rings is 1. The van der Waals surface area contributed by atoms with E-state index in [0.717, 1.165) is 11.2 Å². The standard InChI is InChI=1S/C17H17ClN4O5S/c1-21(17(23)24)9-12-11-8-19-16(18)7-13(11)22(20-12)14-6-10(28(3,25)26)4-5-15(14)27-2/h4-8H,9H2,1-3H3,(H,23,24). The molecule has 148 valence electrons. The van der Waals surface area contributed by atoms with Gasteiger partial charge in [-0.2, -0.15) is 5.10 Å². The molecule has 0 saturated heterocycles. The van der Waals surface area contributed by atoms with Crippen molar-refractivity contribution in [1.29, 1.82) is 0 Å². The number of carboxylic acid groups (broad SMARTS) is 1. The van der Waals surface area contributed by atoms with Crippen LogP contribution in [0.3, 0.4) is 0 Å². The Hall–Kier alpha value is -2.85. The minimum Gasteiger partial charge on any atom is -0.494 e. The summed E-state index contributed by atoms with van der Waals surface area (Å²) in [6.07, 6.45) is 1.49. The molecular weight excluding hydrogens is 408 g/mol. The van der Waals surface area contributed by atoms with Crippen molar-refractivity contribution in [1.82, 2.24) is 19.7 Å². The molecule has 2 heterocycles. The highest BCUT2D eigenvalue weighted by Crippen LogP contribution is 2.31. The summed E-state index contributed by atoms with van der Waals surface area (Å²) < 4.78 is 30.8. The molecule has 0 aliphatic carbocycles. The highest BCUT2D eigenvalue weighted by molar-refractivity contribution is 7.90. The van der Waals surface area contributed by atoms with Crippen LogP contribution in [0.1, 0.15) is 5.69 Å². The van der Waals surface area contributed by atoms with Crippen LogP contribution in [0.4, 0.5) is 4.79 Å². The first-order valence-electron chi connectivity index (χ1n) is 7.97. The third-order valence-electron chi connectivity index (χ3n) is 4.13. The maximum atomic E-state index is 12.0. The molecule has 0 spiro atoms. The van der Waals surface area contributed by atoms with Crippen LogP contribution in [-0.2, 0) is 16.4 Å². The largest absolute Gasteiger partial charge is 0.494 e. The van der Waals surface area contributed by atoms with E-state index in [1.165, 1.54) is 43.2 Å². The van der Waals surface area contributed by atoms with Crippen molar-refractivity contribution in [2.24, 2.45) is 0 Å². The zero-order chi connectivity index (χ0) is 20.6. The van der Waals surface area contributed by atoms with Crippen molar-refractivity contribution in [2.75, 3.05) is 20.4 Å². The van der Waals surface area contributed by atoms with Gasteiger partial charge in [0.05, 0.1) is 29.8 Å². The fraction of sp³-hybridized carbons (Fsp3) is 0.235. The lowest BCUT2D eigenvalue weighted by Gasteiger charge is -2.12. The molecule has 0 atom stereocenters. The van der Waals surface area contributed by atoms with Gasteiger partial charge in [0, 0.05) is 31.0 Å². The number of ether oxygens (including phenoxy) is 1. The summed E-state index contributed by atoms with van der Waals surface area (Å²) in [5.74, 6) is 0.392. The normalized spacial score (nSPS) is 11.6. The van der Waals surface area contributed by atoms with Gasteiger partial charge in [0.2, 0.25) is 0 Å².